The van der Waals surface area contributed by atoms with Gasteiger partial charge in [0.2, 0.25) is 0 Å². The molecule has 0 radical (unpaired) electrons. The Hall–Kier alpha value is -2.30. The molecule has 0 saturated carbocycles. The van der Waals surface area contributed by atoms with Crippen molar-refractivity contribution in [2.24, 2.45) is 11.3 Å². The molecule has 2 aromatic rings. The third-order valence-electron chi connectivity index (χ3n) is 5.10. The summed E-state index contributed by atoms with van der Waals surface area (Å²) >= 11 is 0. The van der Waals surface area contributed by atoms with E-state index in [1.807, 2.05) is 29.2 Å². The summed E-state index contributed by atoms with van der Waals surface area (Å²) in [6, 6.07) is 7.39. The number of rotatable bonds is 3. The van der Waals surface area contributed by atoms with Crippen LogP contribution < -0.4 is 0 Å². The van der Waals surface area contributed by atoms with E-state index in [4.69, 9.17) is 5.11 Å². The summed E-state index contributed by atoms with van der Waals surface area (Å²) in [5.41, 5.74) is 1.78. The molecule has 25 heavy (non-hydrogen) atoms. The summed E-state index contributed by atoms with van der Waals surface area (Å²) in [5.74, 6) is -0.321. The van der Waals surface area contributed by atoms with Gasteiger partial charge in [-0.15, -0.1) is 0 Å². The third kappa shape index (κ3) is 3.86. The summed E-state index contributed by atoms with van der Waals surface area (Å²) in [4.78, 5) is 25.9. The van der Waals surface area contributed by atoms with Crippen LogP contribution >= 0.6 is 0 Å². The van der Waals surface area contributed by atoms with Gasteiger partial charge in [0.1, 0.15) is 6.54 Å². The molecule has 0 spiro atoms. The van der Waals surface area contributed by atoms with Crippen molar-refractivity contribution in [2.45, 2.75) is 40.2 Å². The van der Waals surface area contributed by atoms with Gasteiger partial charge in [-0.25, -0.2) is 0 Å². The Kier molecular flexibility index (Phi) is 4.58. The number of carboxylic acids is 1. The summed E-state index contributed by atoms with van der Waals surface area (Å²) < 4.78 is 1.68. The number of aromatic nitrogens is 1. The first-order valence-corrected chi connectivity index (χ1v) is 8.85. The van der Waals surface area contributed by atoms with Crippen LogP contribution in [0, 0.1) is 11.3 Å². The fourth-order valence-electron chi connectivity index (χ4n) is 4.00. The second kappa shape index (κ2) is 6.54. The minimum Gasteiger partial charge on any atom is -0.480 e. The lowest BCUT2D eigenvalue weighted by molar-refractivity contribution is -0.137. The molecule has 1 fully saturated rings. The minimum absolute atomic E-state index is 0.0671. The van der Waals surface area contributed by atoms with Gasteiger partial charge in [-0.05, 0) is 48.4 Å². The molecular formula is C20H26N2O3. The van der Waals surface area contributed by atoms with Gasteiger partial charge in [0.05, 0.1) is 0 Å². The van der Waals surface area contributed by atoms with Crippen LogP contribution in [0.25, 0.3) is 10.9 Å². The van der Waals surface area contributed by atoms with E-state index in [-0.39, 0.29) is 17.9 Å². The van der Waals surface area contributed by atoms with Crippen LogP contribution in [0.15, 0.2) is 30.5 Å². The Morgan fingerprint density at radius 2 is 2.04 bits per heavy atom. The molecule has 1 unspecified atom stereocenters. The number of nitrogens with zero attached hydrogens (tertiary/aromatic N) is 2. The highest BCUT2D eigenvalue weighted by Gasteiger charge is 2.29. The van der Waals surface area contributed by atoms with E-state index in [1.165, 1.54) is 0 Å². The van der Waals surface area contributed by atoms with Gasteiger partial charge < -0.3 is 14.6 Å². The maximum absolute atomic E-state index is 13.0. The zero-order chi connectivity index (χ0) is 18.2. The molecule has 1 aromatic carbocycles. The SMILES string of the molecule is CC1CN(C(=O)c2ccc3c(ccn3CC(=O)O)c2)CCC(C)(C)C1. The first-order valence-electron chi connectivity index (χ1n) is 8.85. The number of hydrogen-bond acceptors (Lipinski definition) is 2. The van der Waals surface area contributed by atoms with Crippen molar-refractivity contribution < 1.29 is 14.7 Å². The molecule has 5 nitrogen and oxygen atoms in total. The molecule has 1 aromatic heterocycles. The fourth-order valence-corrected chi connectivity index (χ4v) is 4.00. The number of benzene rings is 1. The van der Waals surface area contributed by atoms with Gasteiger partial charge in [-0.2, -0.15) is 0 Å². The van der Waals surface area contributed by atoms with Crippen LogP contribution in [0.5, 0.6) is 0 Å². The second-order valence-corrected chi connectivity index (χ2v) is 8.09. The molecule has 2 heterocycles. The average Bonchev–Trinajstić information content (AvgIpc) is 2.84. The van der Waals surface area contributed by atoms with Crippen LogP contribution in [-0.4, -0.2) is 39.5 Å². The van der Waals surface area contributed by atoms with E-state index < -0.39 is 5.97 Å². The van der Waals surface area contributed by atoms with E-state index >= 15 is 0 Å². The number of fused-ring (bicyclic) bond motifs is 1. The second-order valence-electron chi connectivity index (χ2n) is 8.09. The van der Waals surface area contributed by atoms with Crippen molar-refractivity contribution >= 4 is 22.8 Å². The quantitative estimate of drug-likeness (QED) is 0.926. The number of carbonyl (C=O) groups excluding carboxylic acids is 1. The van der Waals surface area contributed by atoms with E-state index in [0.29, 0.717) is 11.5 Å². The van der Waals surface area contributed by atoms with Crippen molar-refractivity contribution in [3.63, 3.8) is 0 Å². The standard InChI is InChI=1S/C20H26N2O3/c1-14-11-20(2,3)7-9-22(12-14)19(25)16-4-5-17-15(10-16)6-8-21(17)13-18(23)24/h4-6,8,10,14H,7,9,11-13H2,1-3H3,(H,23,24). The highest BCUT2D eigenvalue weighted by atomic mass is 16.4. The maximum Gasteiger partial charge on any atom is 0.323 e. The number of hydrogen-bond donors (Lipinski definition) is 1. The van der Waals surface area contributed by atoms with Crippen molar-refractivity contribution in [3.05, 3.63) is 36.0 Å². The van der Waals surface area contributed by atoms with E-state index in [9.17, 15) is 9.59 Å². The Morgan fingerprint density at radius 1 is 1.28 bits per heavy atom. The lowest BCUT2D eigenvalue weighted by atomic mass is 9.82. The molecular weight excluding hydrogens is 316 g/mol. The molecule has 0 bridgehead atoms. The van der Waals surface area contributed by atoms with E-state index in [2.05, 4.69) is 20.8 Å². The molecule has 3 rings (SSSR count). The van der Waals surface area contributed by atoms with Gasteiger partial charge >= 0.3 is 5.97 Å². The van der Waals surface area contributed by atoms with Crippen molar-refractivity contribution in [2.75, 3.05) is 13.1 Å². The molecule has 134 valence electrons. The predicted octanol–water partition coefficient (Wildman–Crippen LogP) is 3.62. The maximum atomic E-state index is 13.0. The molecule has 1 saturated heterocycles. The van der Waals surface area contributed by atoms with Crippen molar-refractivity contribution in [3.8, 4) is 0 Å². The smallest absolute Gasteiger partial charge is 0.323 e. The molecule has 1 N–H and O–H groups in total. The normalized spacial score (nSPS) is 20.4. The summed E-state index contributed by atoms with van der Waals surface area (Å²) in [6.07, 6.45) is 3.90. The summed E-state index contributed by atoms with van der Waals surface area (Å²) in [7, 11) is 0. The minimum atomic E-state index is -0.876. The number of carbonyl (C=O) groups is 2. The van der Waals surface area contributed by atoms with E-state index in [0.717, 1.165) is 36.8 Å². The van der Waals surface area contributed by atoms with Gasteiger partial charge in [-0.3, -0.25) is 9.59 Å². The first kappa shape index (κ1) is 17.5. The Balaban J connectivity index is 1.83. The van der Waals surface area contributed by atoms with Gasteiger partial charge in [0, 0.05) is 35.8 Å². The number of likely N-dealkylation sites (tertiary alicyclic amines) is 1. The fraction of sp³-hybridized carbons (Fsp3) is 0.500. The number of aliphatic carboxylic acids is 1. The summed E-state index contributed by atoms with van der Waals surface area (Å²) in [6.45, 7) is 8.26. The van der Waals surface area contributed by atoms with Crippen molar-refractivity contribution in [1.82, 2.24) is 9.47 Å². The highest BCUT2D eigenvalue weighted by Crippen LogP contribution is 2.33. The zero-order valence-corrected chi connectivity index (χ0v) is 15.2. The lowest BCUT2D eigenvalue weighted by Crippen LogP contribution is -2.34. The third-order valence-corrected chi connectivity index (χ3v) is 5.10. The number of carboxylic acid groups (broad SMARTS) is 1. The van der Waals surface area contributed by atoms with Crippen molar-refractivity contribution in [1.29, 1.82) is 0 Å². The summed E-state index contributed by atoms with van der Waals surface area (Å²) in [5, 5.41) is 9.87. The Bertz CT molecular complexity index is 806. The van der Waals surface area contributed by atoms with Crippen LogP contribution in [0.2, 0.25) is 0 Å². The van der Waals surface area contributed by atoms with Crippen LogP contribution in [0.3, 0.4) is 0 Å². The van der Waals surface area contributed by atoms with Gasteiger partial charge in [-0.1, -0.05) is 20.8 Å². The van der Waals surface area contributed by atoms with Gasteiger partial charge in [0.25, 0.3) is 5.91 Å². The molecule has 0 aliphatic carbocycles. The highest BCUT2D eigenvalue weighted by molar-refractivity contribution is 5.98. The Labute approximate surface area is 148 Å². The van der Waals surface area contributed by atoms with E-state index in [1.54, 1.807) is 10.8 Å². The lowest BCUT2D eigenvalue weighted by Gasteiger charge is -2.23. The van der Waals surface area contributed by atoms with Crippen LogP contribution in [0.1, 0.15) is 44.0 Å². The first-order chi connectivity index (χ1) is 11.7. The largest absolute Gasteiger partial charge is 0.480 e. The number of amides is 1. The molecule has 1 aliphatic rings. The topological polar surface area (TPSA) is 62.5 Å². The monoisotopic (exact) mass is 342 g/mol. The molecule has 1 amide bonds. The zero-order valence-electron chi connectivity index (χ0n) is 15.2. The van der Waals surface area contributed by atoms with Gasteiger partial charge in [0.15, 0.2) is 0 Å². The Morgan fingerprint density at radius 3 is 2.76 bits per heavy atom. The molecule has 1 atom stereocenters. The van der Waals surface area contributed by atoms with Crippen LogP contribution in [-0.2, 0) is 11.3 Å². The predicted molar refractivity (Wildman–Crippen MR) is 97.7 cm³/mol. The molecule has 5 heteroatoms. The molecule has 1 aliphatic heterocycles. The van der Waals surface area contributed by atoms with Crippen LogP contribution in [0.4, 0.5) is 0 Å². The average molecular weight is 342 g/mol.